The highest BCUT2D eigenvalue weighted by molar-refractivity contribution is 5.25. The second-order valence-corrected chi connectivity index (χ2v) is 5.97. The average molecular weight is 279 g/mol. The van der Waals surface area contributed by atoms with Crippen molar-refractivity contribution in [1.82, 2.24) is 5.32 Å². The number of ether oxygens (including phenoxy) is 2. The summed E-state index contributed by atoms with van der Waals surface area (Å²) in [5, 5.41) is 3.30. The standard InChI is InChI=1S/C17H29NO2/c1-6-14-7-9-15(10-8-14)16(18-5)13-19-11-12-20-17(2,3)4/h7-10,16,18H,6,11-13H2,1-5H3. The summed E-state index contributed by atoms with van der Waals surface area (Å²) in [5.74, 6) is 0. The summed E-state index contributed by atoms with van der Waals surface area (Å²) in [6.45, 7) is 10.3. The Morgan fingerprint density at radius 2 is 1.75 bits per heavy atom. The van der Waals surface area contributed by atoms with Crippen molar-refractivity contribution in [2.24, 2.45) is 0 Å². The van der Waals surface area contributed by atoms with Crippen molar-refractivity contribution in [1.29, 1.82) is 0 Å². The van der Waals surface area contributed by atoms with Crippen molar-refractivity contribution in [3.05, 3.63) is 35.4 Å². The van der Waals surface area contributed by atoms with Gasteiger partial charge in [0, 0.05) is 0 Å². The van der Waals surface area contributed by atoms with Crippen LogP contribution in [0.15, 0.2) is 24.3 Å². The molecule has 1 unspecified atom stereocenters. The second kappa shape index (κ2) is 8.40. The topological polar surface area (TPSA) is 30.5 Å². The average Bonchev–Trinajstić information content (AvgIpc) is 2.42. The van der Waals surface area contributed by atoms with Crippen LogP contribution in [0.4, 0.5) is 0 Å². The first-order chi connectivity index (χ1) is 9.46. The molecule has 0 saturated heterocycles. The van der Waals surface area contributed by atoms with E-state index in [1.807, 2.05) is 7.05 Å². The third-order valence-corrected chi connectivity index (χ3v) is 3.19. The van der Waals surface area contributed by atoms with Gasteiger partial charge in [0.15, 0.2) is 0 Å². The molecule has 0 saturated carbocycles. The fourth-order valence-electron chi connectivity index (χ4n) is 1.94. The van der Waals surface area contributed by atoms with Crippen molar-refractivity contribution in [3.63, 3.8) is 0 Å². The third-order valence-electron chi connectivity index (χ3n) is 3.19. The minimum absolute atomic E-state index is 0.0955. The molecule has 0 aliphatic rings. The maximum absolute atomic E-state index is 5.71. The predicted molar refractivity (Wildman–Crippen MR) is 84.1 cm³/mol. The van der Waals surface area contributed by atoms with Gasteiger partial charge in [0.25, 0.3) is 0 Å². The molecule has 0 aliphatic heterocycles. The van der Waals surface area contributed by atoms with Gasteiger partial charge < -0.3 is 14.8 Å². The van der Waals surface area contributed by atoms with Crippen LogP contribution in [0.1, 0.15) is 44.9 Å². The zero-order valence-corrected chi connectivity index (χ0v) is 13.5. The molecule has 3 heteroatoms. The first-order valence-electron chi connectivity index (χ1n) is 7.44. The molecule has 3 nitrogen and oxygen atoms in total. The van der Waals surface area contributed by atoms with Crippen molar-refractivity contribution < 1.29 is 9.47 Å². The van der Waals surface area contributed by atoms with Crippen LogP contribution in [-0.2, 0) is 15.9 Å². The van der Waals surface area contributed by atoms with E-state index in [-0.39, 0.29) is 11.6 Å². The van der Waals surface area contributed by atoms with E-state index in [0.717, 1.165) is 6.42 Å². The molecule has 114 valence electrons. The van der Waals surface area contributed by atoms with Crippen molar-refractivity contribution >= 4 is 0 Å². The summed E-state index contributed by atoms with van der Waals surface area (Å²) in [6, 6.07) is 8.95. The minimum Gasteiger partial charge on any atom is -0.377 e. The van der Waals surface area contributed by atoms with Gasteiger partial charge in [-0.1, -0.05) is 31.2 Å². The van der Waals surface area contributed by atoms with Gasteiger partial charge in [0.2, 0.25) is 0 Å². The molecule has 1 atom stereocenters. The van der Waals surface area contributed by atoms with E-state index >= 15 is 0 Å². The Morgan fingerprint density at radius 1 is 1.10 bits per heavy atom. The highest BCUT2D eigenvalue weighted by Gasteiger charge is 2.11. The lowest BCUT2D eigenvalue weighted by Gasteiger charge is -2.21. The predicted octanol–water partition coefficient (Wildman–Crippen LogP) is 3.34. The largest absolute Gasteiger partial charge is 0.377 e. The summed E-state index contributed by atoms with van der Waals surface area (Å²) < 4.78 is 11.3. The zero-order chi connectivity index (χ0) is 15.0. The highest BCUT2D eigenvalue weighted by Crippen LogP contribution is 2.14. The van der Waals surface area contributed by atoms with Crippen molar-refractivity contribution in [2.45, 2.75) is 45.8 Å². The third kappa shape index (κ3) is 6.51. The Balaban J connectivity index is 2.35. The monoisotopic (exact) mass is 279 g/mol. The van der Waals surface area contributed by atoms with E-state index in [2.05, 4.69) is 57.3 Å². The molecule has 20 heavy (non-hydrogen) atoms. The molecule has 0 aliphatic carbocycles. The first-order valence-corrected chi connectivity index (χ1v) is 7.44. The van der Waals surface area contributed by atoms with Crippen LogP contribution in [0.5, 0.6) is 0 Å². The van der Waals surface area contributed by atoms with Crippen LogP contribution < -0.4 is 5.32 Å². The summed E-state index contributed by atoms with van der Waals surface area (Å²) in [4.78, 5) is 0. The maximum Gasteiger partial charge on any atom is 0.0707 e. The molecule has 0 spiro atoms. The van der Waals surface area contributed by atoms with Gasteiger partial charge in [-0.2, -0.15) is 0 Å². The Morgan fingerprint density at radius 3 is 2.25 bits per heavy atom. The van der Waals surface area contributed by atoms with Crippen LogP contribution >= 0.6 is 0 Å². The summed E-state index contributed by atoms with van der Waals surface area (Å²) in [6.07, 6.45) is 1.07. The van der Waals surface area contributed by atoms with Gasteiger partial charge in [-0.25, -0.2) is 0 Å². The Hall–Kier alpha value is -0.900. The van der Waals surface area contributed by atoms with Crippen LogP contribution in [0.2, 0.25) is 0 Å². The van der Waals surface area contributed by atoms with Gasteiger partial charge in [-0.3, -0.25) is 0 Å². The Bertz CT molecular complexity index is 368. The van der Waals surface area contributed by atoms with E-state index in [4.69, 9.17) is 9.47 Å². The number of hydrogen-bond acceptors (Lipinski definition) is 3. The molecule has 1 aromatic rings. The van der Waals surface area contributed by atoms with Gasteiger partial charge in [0.1, 0.15) is 0 Å². The van der Waals surface area contributed by atoms with Gasteiger partial charge in [-0.15, -0.1) is 0 Å². The number of hydrogen-bond donors (Lipinski definition) is 1. The highest BCUT2D eigenvalue weighted by atomic mass is 16.5. The normalized spacial score (nSPS) is 13.4. The lowest BCUT2D eigenvalue weighted by Crippen LogP contribution is -2.25. The van der Waals surface area contributed by atoms with Crippen molar-refractivity contribution in [2.75, 3.05) is 26.9 Å². The minimum atomic E-state index is -0.0955. The SMILES string of the molecule is CCc1ccc(C(COCCOC(C)(C)C)NC)cc1. The lowest BCUT2D eigenvalue weighted by molar-refractivity contribution is -0.0372. The molecule has 0 aromatic heterocycles. The van der Waals surface area contributed by atoms with E-state index in [1.54, 1.807) is 0 Å². The molecular weight excluding hydrogens is 250 g/mol. The number of benzene rings is 1. The molecule has 0 bridgehead atoms. The summed E-state index contributed by atoms with van der Waals surface area (Å²) in [5.41, 5.74) is 2.53. The quantitative estimate of drug-likeness (QED) is 0.740. The Kier molecular flexibility index (Phi) is 7.20. The second-order valence-electron chi connectivity index (χ2n) is 5.97. The molecule has 1 N–H and O–H groups in total. The summed E-state index contributed by atoms with van der Waals surface area (Å²) in [7, 11) is 1.97. The number of aryl methyl sites for hydroxylation is 1. The first kappa shape index (κ1) is 17.2. The van der Waals surface area contributed by atoms with E-state index in [9.17, 15) is 0 Å². The van der Waals surface area contributed by atoms with Gasteiger partial charge in [-0.05, 0) is 45.4 Å². The van der Waals surface area contributed by atoms with E-state index in [0.29, 0.717) is 19.8 Å². The fraction of sp³-hybridized carbons (Fsp3) is 0.647. The number of nitrogens with one attached hydrogen (secondary N) is 1. The fourth-order valence-corrected chi connectivity index (χ4v) is 1.94. The molecular formula is C17H29NO2. The van der Waals surface area contributed by atoms with E-state index < -0.39 is 0 Å². The van der Waals surface area contributed by atoms with E-state index in [1.165, 1.54) is 11.1 Å². The van der Waals surface area contributed by atoms with Gasteiger partial charge >= 0.3 is 0 Å². The molecule has 0 amide bonds. The number of rotatable bonds is 8. The van der Waals surface area contributed by atoms with Crippen molar-refractivity contribution in [3.8, 4) is 0 Å². The van der Waals surface area contributed by atoms with Crippen LogP contribution in [0.3, 0.4) is 0 Å². The smallest absolute Gasteiger partial charge is 0.0707 e. The molecule has 0 radical (unpaired) electrons. The Labute approximate surface area is 123 Å². The maximum atomic E-state index is 5.71. The van der Waals surface area contributed by atoms with Crippen LogP contribution in [0, 0.1) is 0 Å². The summed E-state index contributed by atoms with van der Waals surface area (Å²) >= 11 is 0. The lowest BCUT2D eigenvalue weighted by atomic mass is 10.0. The van der Waals surface area contributed by atoms with Crippen LogP contribution in [-0.4, -0.2) is 32.5 Å². The molecule has 1 aromatic carbocycles. The van der Waals surface area contributed by atoms with Gasteiger partial charge in [0.05, 0.1) is 31.5 Å². The zero-order valence-electron chi connectivity index (χ0n) is 13.5. The van der Waals surface area contributed by atoms with Crippen LogP contribution in [0.25, 0.3) is 0 Å². The number of likely N-dealkylation sites (N-methyl/N-ethyl adjacent to an activating group) is 1. The molecule has 0 heterocycles. The molecule has 0 fully saturated rings. The molecule has 1 rings (SSSR count).